The molecule has 1 aliphatic carbocycles. The molecule has 1 atom stereocenters. The summed E-state index contributed by atoms with van der Waals surface area (Å²) in [5, 5.41) is 10.2. The van der Waals surface area contributed by atoms with Gasteiger partial charge in [-0.1, -0.05) is 24.3 Å². The van der Waals surface area contributed by atoms with E-state index in [0.29, 0.717) is 5.92 Å². The molecule has 1 heterocycles. The van der Waals surface area contributed by atoms with Gasteiger partial charge < -0.3 is 5.11 Å². The second kappa shape index (κ2) is 4.00. The first-order valence-electron chi connectivity index (χ1n) is 5.52. The number of hydrogen-bond donors (Lipinski definition) is 1. The van der Waals surface area contributed by atoms with E-state index in [2.05, 4.69) is 29.2 Å². The number of aromatic nitrogens is 1. The number of rotatable bonds is 2. The van der Waals surface area contributed by atoms with Gasteiger partial charge in [-0.05, 0) is 24.0 Å². The Morgan fingerprint density at radius 3 is 3.06 bits per heavy atom. The average Bonchev–Trinajstić information content (AvgIpc) is 2.94. The first kappa shape index (κ1) is 10.00. The lowest BCUT2D eigenvalue weighted by Gasteiger charge is -2.07. The lowest BCUT2D eigenvalue weighted by molar-refractivity contribution is 0.285. The van der Waals surface area contributed by atoms with Crippen molar-refractivity contribution in [3.8, 4) is 0 Å². The summed E-state index contributed by atoms with van der Waals surface area (Å²) in [6.07, 6.45) is 4.09. The molecule has 2 aromatic rings. The van der Waals surface area contributed by atoms with E-state index in [0.717, 1.165) is 22.7 Å². The maximum atomic E-state index is 9.06. The number of benzene rings is 1. The molecule has 0 amide bonds. The molecule has 3 heteroatoms. The van der Waals surface area contributed by atoms with Crippen LogP contribution in [0.4, 0.5) is 0 Å². The molecule has 3 rings (SSSR count). The number of aryl methyl sites for hydroxylation is 1. The number of aliphatic hydroxyl groups excluding tert-OH is 1. The summed E-state index contributed by atoms with van der Waals surface area (Å²) in [7, 11) is 0. The minimum Gasteiger partial charge on any atom is -0.391 e. The van der Waals surface area contributed by atoms with Crippen molar-refractivity contribution in [3.63, 3.8) is 0 Å². The summed E-state index contributed by atoms with van der Waals surface area (Å²) >= 11 is 1.63. The Kier molecular flexibility index (Phi) is 2.50. The predicted molar refractivity (Wildman–Crippen MR) is 64.6 cm³/mol. The van der Waals surface area contributed by atoms with Crippen molar-refractivity contribution in [2.75, 3.05) is 0 Å². The average molecular weight is 231 g/mol. The molecule has 0 fully saturated rings. The van der Waals surface area contributed by atoms with Crippen molar-refractivity contribution in [2.24, 2.45) is 0 Å². The highest BCUT2D eigenvalue weighted by Gasteiger charge is 2.25. The molecule has 1 aromatic heterocycles. The molecule has 2 nitrogen and oxygen atoms in total. The van der Waals surface area contributed by atoms with Crippen LogP contribution in [0.15, 0.2) is 30.5 Å². The minimum atomic E-state index is 0.103. The van der Waals surface area contributed by atoms with E-state index in [1.165, 1.54) is 11.1 Å². The maximum absolute atomic E-state index is 9.06. The van der Waals surface area contributed by atoms with Gasteiger partial charge in [0.05, 0.1) is 11.5 Å². The van der Waals surface area contributed by atoms with Gasteiger partial charge in [0, 0.05) is 12.1 Å². The fourth-order valence-corrected chi connectivity index (χ4v) is 3.30. The topological polar surface area (TPSA) is 33.1 Å². The van der Waals surface area contributed by atoms with Crippen LogP contribution in [0.1, 0.15) is 33.4 Å². The van der Waals surface area contributed by atoms with Crippen LogP contribution in [0, 0.1) is 0 Å². The Hall–Kier alpha value is -1.19. The van der Waals surface area contributed by atoms with Crippen LogP contribution in [0.2, 0.25) is 0 Å². The number of thiazole rings is 1. The molecular formula is C13H13NOS. The third-order valence-electron chi connectivity index (χ3n) is 3.16. The largest absolute Gasteiger partial charge is 0.391 e. The highest BCUT2D eigenvalue weighted by Crippen LogP contribution is 2.39. The number of fused-ring (bicyclic) bond motifs is 1. The predicted octanol–water partition coefficient (Wildman–Crippen LogP) is 2.71. The first-order valence-corrected chi connectivity index (χ1v) is 6.33. The molecule has 1 aliphatic rings. The fraction of sp³-hybridized carbons (Fsp3) is 0.308. The van der Waals surface area contributed by atoms with Crippen molar-refractivity contribution in [1.29, 1.82) is 0 Å². The summed E-state index contributed by atoms with van der Waals surface area (Å²) in [6.45, 7) is 0.103. The molecule has 0 bridgehead atoms. The van der Waals surface area contributed by atoms with Crippen LogP contribution in [0.5, 0.6) is 0 Å². The van der Waals surface area contributed by atoms with Gasteiger partial charge in [-0.25, -0.2) is 4.98 Å². The van der Waals surface area contributed by atoms with Crippen molar-refractivity contribution < 1.29 is 5.11 Å². The number of aliphatic hydroxyl groups is 1. The Morgan fingerprint density at radius 1 is 1.38 bits per heavy atom. The molecule has 0 radical (unpaired) electrons. The number of nitrogens with zero attached hydrogens (tertiary/aromatic N) is 1. The van der Waals surface area contributed by atoms with E-state index < -0.39 is 0 Å². The third kappa shape index (κ3) is 1.56. The second-order valence-electron chi connectivity index (χ2n) is 4.11. The van der Waals surface area contributed by atoms with Gasteiger partial charge in [-0.3, -0.25) is 0 Å². The normalized spacial score (nSPS) is 18.7. The zero-order chi connectivity index (χ0) is 11.0. The molecule has 1 unspecified atom stereocenters. The second-order valence-corrected chi connectivity index (χ2v) is 5.26. The Bertz CT molecular complexity index is 506. The molecule has 1 aromatic carbocycles. The molecular weight excluding hydrogens is 218 g/mol. The van der Waals surface area contributed by atoms with Crippen molar-refractivity contribution in [3.05, 3.63) is 51.5 Å². The Balaban J connectivity index is 1.98. The van der Waals surface area contributed by atoms with Crippen molar-refractivity contribution >= 4 is 11.3 Å². The van der Waals surface area contributed by atoms with Crippen LogP contribution < -0.4 is 0 Å². The van der Waals surface area contributed by atoms with Gasteiger partial charge in [0.15, 0.2) is 0 Å². The highest BCUT2D eigenvalue weighted by atomic mass is 32.1. The Labute approximate surface area is 98.6 Å². The SMILES string of the molecule is OCc1cnc(C2CCc3ccccc32)s1. The van der Waals surface area contributed by atoms with E-state index in [1.807, 2.05) is 0 Å². The fourth-order valence-electron chi connectivity index (χ4n) is 2.37. The summed E-state index contributed by atoms with van der Waals surface area (Å²) in [5.41, 5.74) is 2.87. The van der Waals surface area contributed by atoms with Gasteiger partial charge in [-0.2, -0.15) is 0 Å². The third-order valence-corrected chi connectivity index (χ3v) is 4.25. The van der Waals surface area contributed by atoms with Crippen LogP contribution >= 0.6 is 11.3 Å². The van der Waals surface area contributed by atoms with Crippen LogP contribution in [-0.4, -0.2) is 10.1 Å². The lowest BCUT2D eigenvalue weighted by atomic mass is 10.0. The van der Waals surface area contributed by atoms with Gasteiger partial charge in [0.2, 0.25) is 0 Å². The van der Waals surface area contributed by atoms with Crippen molar-refractivity contribution in [2.45, 2.75) is 25.4 Å². The number of hydrogen-bond acceptors (Lipinski definition) is 3. The van der Waals surface area contributed by atoms with Crippen molar-refractivity contribution in [1.82, 2.24) is 4.98 Å². The van der Waals surface area contributed by atoms with Gasteiger partial charge in [0.25, 0.3) is 0 Å². The smallest absolute Gasteiger partial charge is 0.100 e. The van der Waals surface area contributed by atoms with E-state index in [1.54, 1.807) is 17.5 Å². The molecule has 16 heavy (non-hydrogen) atoms. The molecule has 0 aliphatic heterocycles. The summed E-state index contributed by atoms with van der Waals surface area (Å²) < 4.78 is 0. The van der Waals surface area contributed by atoms with Crippen LogP contribution in [-0.2, 0) is 13.0 Å². The van der Waals surface area contributed by atoms with Crippen LogP contribution in [0.3, 0.4) is 0 Å². The molecule has 0 saturated heterocycles. The van der Waals surface area contributed by atoms with Gasteiger partial charge in [-0.15, -0.1) is 11.3 Å². The van der Waals surface area contributed by atoms with E-state index in [9.17, 15) is 0 Å². The quantitative estimate of drug-likeness (QED) is 0.862. The monoisotopic (exact) mass is 231 g/mol. The lowest BCUT2D eigenvalue weighted by Crippen LogP contribution is -1.94. The zero-order valence-corrected chi connectivity index (χ0v) is 9.70. The minimum absolute atomic E-state index is 0.103. The first-order chi connectivity index (χ1) is 7.88. The molecule has 0 saturated carbocycles. The van der Waals surface area contributed by atoms with E-state index >= 15 is 0 Å². The van der Waals surface area contributed by atoms with Gasteiger partial charge >= 0.3 is 0 Å². The Morgan fingerprint density at radius 2 is 2.25 bits per heavy atom. The molecule has 82 valence electrons. The summed E-state index contributed by atoms with van der Waals surface area (Å²) in [4.78, 5) is 5.38. The standard InChI is InChI=1S/C13H13NOS/c15-8-10-7-14-13(16-10)12-6-5-9-3-1-2-4-11(9)12/h1-4,7,12,15H,5-6,8H2. The van der Waals surface area contributed by atoms with E-state index in [-0.39, 0.29) is 6.61 Å². The maximum Gasteiger partial charge on any atom is 0.100 e. The summed E-state index contributed by atoms with van der Waals surface area (Å²) in [6, 6.07) is 8.60. The highest BCUT2D eigenvalue weighted by molar-refractivity contribution is 7.11. The molecule has 1 N–H and O–H groups in total. The zero-order valence-electron chi connectivity index (χ0n) is 8.89. The van der Waals surface area contributed by atoms with E-state index in [4.69, 9.17) is 5.11 Å². The van der Waals surface area contributed by atoms with Crippen LogP contribution in [0.25, 0.3) is 0 Å². The molecule has 0 spiro atoms. The van der Waals surface area contributed by atoms with Gasteiger partial charge in [0.1, 0.15) is 5.01 Å². The summed E-state index contributed by atoms with van der Waals surface area (Å²) in [5.74, 6) is 0.446.